The zero-order valence-corrected chi connectivity index (χ0v) is 17.2. The molecule has 4 heteroatoms. The van der Waals surface area contributed by atoms with E-state index in [1.165, 1.54) is 5.57 Å². The molecule has 7 atom stereocenters. The van der Waals surface area contributed by atoms with E-state index in [9.17, 15) is 14.4 Å². The molecule has 4 nitrogen and oxygen atoms in total. The van der Waals surface area contributed by atoms with Crippen molar-refractivity contribution in [1.29, 1.82) is 0 Å². The van der Waals surface area contributed by atoms with Crippen molar-refractivity contribution in [1.82, 2.24) is 0 Å². The zero-order valence-electron chi connectivity index (χ0n) is 17.2. The third-order valence-electron chi connectivity index (χ3n) is 8.99. The third kappa shape index (κ3) is 2.74. The highest BCUT2D eigenvalue weighted by molar-refractivity contribution is 6.01. The predicted molar refractivity (Wildman–Crippen MR) is 107 cm³/mol. The van der Waals surface area contributed by atoms with Crippen molar-refractivity contribution < 1.29 is 19.5 Å². The Labute approximate surface area is 167 Å². The molecule has 0 unspecified atom stereocenters. The molecule has 152 valence electrons. The van der Waals surface area contributed by atoms with Gasteiger partial charge in [-0.2, -0.15) is 0 Å². The van der Waals surface area contributed by atoms with Crippen LogP contribution in [0, 0.1) is 40.4 Å². The summed E-state index contributed by atoms with van der Waals surface area (Å²) in [6, 6.07) is 0. The summed E-state index contributed by atoms with van der Waals surface area (Å²) in [6.45, 7) is 6.54. The summed E-state index contributed by atoms with van der Waals surface area (Å²) in [6.07, 6.45) is 11.1. The summed E-state index contributed by atoms with van der Waals surface area (Å²) in [5.41, 5.74) is 0.730. The zero-order chi connectivity index (χ0) is 20.3. The van der Waals surface area contributed by atoms with Crippen LogP contribution in [0.25, 0.3) is 0 Å². The molecule has 0 saturated heterocycles. The predicted octanol–water partition coefficient (Wildman–Crippen LogP) is 4.59. The largest absolute Gasteiger partial charge is 0.481 e. The highest BCUT2D eigenvalue weighted by Crippen LogP contribution is 2.65. The van der Waals surface area contributed by atoms with Crippen LogP contribution in [0.15, 0.2) is 23.8 Å². The van der Waals surface area contributed by atoms with Crippen molar-refractivity contribution in [3.05, 3.63) is 23.8 Å². The Morgan fingerprint density at radius 3 is 2.68 bits per heavy atom. The van der Waals surface area contributed by atoms with Gasteiger partial charge in [0.05, 0.1) is 0 Å². The molecule has 0 spiro atoms. The second kappa shape index (κ2) is 6.67. The molecule has 0 aromatic carbocycles. The van der Waals surface area contributed by atoms with Crippen LogP contribution >= 0.6 is 0 Å². The Balaban J connectivity index is 1.62. The Kier molecular flexibility index (Phi) is 4.67. The summed E-state index contributed by atoms with van der Waals surface area (Å²) in [5.74, 6) is 1.43. The lowest BCUT2D eigenvalue weighted by Crippen LogP contribution is -2.54. The van der Waals surface area contributed by atoms with Gasteiger partial charge < -0.3 is 5.11 Å². The van der Waals surface area contributed by atoms with Crippen molar-refractivity contribution >= 4 is 17.5 Å². The number of carboxylic acids is 1. The minimum Gasteiger partial charge on any atom is -0.481 e. The molecule has 28 heavy (non-hydrogen) atoms. The van der Waals surface area contributed by atoms with E-state index in [0.29, 0.717) is 36.4 Å². The Hall–Kier alpha value is -1.71. The van der Waals surface area contributed by atoms with Crippen LogP contribution in [0.2, 0.25) is 0 Å². The lowest BCUT2D eigenvalue weighted by atomic mass is 9.47. The van der Waals surface area contributed by atoms with E-state index in [0.717, 1.165) is 25.7 Å². The molecule has 1 N–H and O–H groups in total. The standard InChI is InChI=1S/C24H32O4/c1-14(4-9-22(27)28)18-7-8-19-17-6-5-15-12-16(25)10-11-23(15,2)20(17)13-21(26)24(18,19)3/h10-12,14,17-20H,4-9,13H2,1-3H3,(H,27,28)/t14-,17+,18-,19+,20+,23+,24-/m1/s1. The monoisotopic (exact) mass is 384 g/mol. The number of hydrogen-bond acceptors (Lipinski definition) is 3. The molecule has 0 bridgehead atoms. The molecular formula is C24H32O4. The lowest BCUT2D eigenvalue weighted by Gasteiger charge is -2.56. The number of fused-ring (bicyclic) bond motifs is 5. The van der Waals surface area contributed by atoms with Gasteiger partial charge in [-0.15, -0.1) is 0 Å². The Bertz CT molecular complexity index is 777. The van der Waals surface area contributed by atoms with Gasteiger partial charge in [0, 0.05) is 23.7 Å². The van der Waals surface area contributed by atoms with Crippen LogP contribution in [-0.2, 0) is 14.4 Å². The van der Waals surface area contributed by atoms with Gasteiger partial charge in [0.1, 0.15) is 5.78 Å². The van der Waals surface area contributed by atoms with E-state index in [4.69, 9.17) is 5.11 Å². The molecule has 4 rings (SSSR count). The van der Waals surface area contributed by atoms with E-state index >= 15 is 0 Å². The van der Waals surface area contributed by atoms with Crippen LogP contribution in [0.3, 0.4) is 0 Å². The smallest absolute Gasteiger partial charge is 0.303 e. The summed E-state index contributed by atoms with van der Waals surface area (Å²) >= 11 is 0. The van der Waals surface area contributed by atoms with Crippen molar-refractivity contribution in [2.24, 2.45) is 40.4 Å². The molecule has 4 aliphatic rings. The summed E-state index contributed by atoms with van der Waals surface area (Å²) < 4.78 is 0. The van der Waals surface area contributed by atoms with Crippen molar-refractivity contribution in [3.8, 4) is 0 Å². The normalized spacial score (nSPS) is 43.0. The van der Waals surface area contributed by atoms with Crippen molar-refractivity contribution in [3.63, 3.8) is 0 Å². The summed E-state index contributed by atoms with van der Waals surface area (Å²) in [4.78, 5) is 36.5. The second-order valence-electron chi connectivity index (χ2n) is 10.1. The van der Waals surface area contributed by atoms with Crippen LogP contribution in [0.5, 0.6) is 0 Å². The molecule has 0 radical (unpaired) electrons. The second-order valence-corrected chi connectivity index (χ2v) is 10.1. The number of allylic oxidation sites excluding steroid dienone is 4. The van der Waals surface area contributed by atoms with E-state index in [2.05, 4.69) is 26.8 Å². The third-order valence-corrected chi connectivity index (χ3v) is 8.99. The highest BCUT2D eigenvalue weighted by atomic mass is 16.4. The van der Waals surface area contributed by atoms with E-state index < -0.39 is 5.97 Å². The fourth-order valence-corrected chi connectivity index (χ4v) is 7.41. The number of carboxylic acid groups (broad SMARTS) is 1. The first-order valence-electron chi connectivity index (χ1n) is 10.9. The number of carbonyl (C=O) groups excluding carboxylic acids is 2. The van der Waals surface area contributed by atoms with Crippen LogP contribution < -0.4 is 0 Å². The molecule has 0 amide bonds. The summed E-state index contributed by atoms with van der Waals surface area (Å²) in [5, 5.41) is 9.06. The van der Waals surface area contributed by atoms with Crippen LogP contribution in [-0.4, -0.2) is 22.6 Å². The molecule has 4 aliphatic carbocycles. The topological polar surface area (TPSA) is 71.4 Å². The molecular weight excluding hydrogens is 352 g/mol. The average Bonchev–Trinajstić information content (AvgIpc) is 3.00. The van der Waals surface area contributed by atoms with E-state index in [1.54, 1.807) is 12.2 Å². The average molecular weight is 385 g/mol. The maximum absolute atomic E-state index is 13.6. The Morgan fingerprint density at radius 2 is 1.96 bits per heavy atom. The minimum atomic E-state index is -0.750. The quantitative estimate of drug-likeness (QED) is 0.769. The molecule has 0 heterocycles. The van der Waals surface area contributed by atoms with Gasteiger partial charge in [-0.3, -0.25) is 14.4 Å². The maximum Gasteiger partial charge on any atom is 0.303 e. The molecule has 0 aliphatic heterocycles. The van der Waals surface area contributed by atoms with Crippen molar-refractivity contribution in [2.45, 2.75) is 65.7 Å². The molecule has 3 saturated carbocycles. The van der Waals surface area contributed by atoms with E-state index in [1.807, 2.05) is 0 Å². The number of aliphatic carboxylic acids is 1. The number of ketones is 2. The number of rotatable bonds is 4. The first kappa shape index (κ1) is 19.6. The number of carbonyl (C=O) groups is 3. The summed E-state index contributed by atoms with van der Waals surface area (Å²) in [7, 11) is 0. The van der Waals surface area contributed by atoms with Gasteiger partial charge in [-0.25, -0.2) is 0 Å². The fraction of sp³-hybridized carbons (Fsp3) is 0.708. The minimum absolute atomic E-state index is 0.0751. The molecule has 0 aromatic rings. The van der Waals surface area contributed by atoms with Gasteiger partial charge in [0.2, 0.25) is 0 Å². The van der Waals surface area contributed by atoms with Gasteiger partial charge in [0.25, 0.3) is 0 Å². The maximum atomic E-state index is 13.6. The SMILES string of the molecule is C[C@H](CCC(=O)O)[C@H]1CC[C@H]2[C@@H]3CCC4=CC(=O)C=C[C@]4(C)[C@H]3CC(=O)[C@]12C. The Morgan fingerprint density at radius 1 is 1.21 bits per heavy atom. The van der Waals surface area contributed by atoms with Gasteiger partial charge in [-0.05, 0) is 73.8 Å². The van der Waals surface area contributed by atoms with Gasteiger partial charge in [0.15, 0.2) is 5.78 Å². The highest BCUT2D eigenvalue weighted by Gasteiger charge is 2.62. The fourth-order valence-electron chi connectivity index (χ4n) is 7.41. The number of Topliss-reactive ketones (excluding diaryl/α,β-unsaturated/α-hetero) is 1. The number of hydrogen-bond donors (Lipinski definition) is 1. The van der Waals surface area contributed by atoms with Crippen LogP contribution in [0.4, 0.5) is 0 Å². The molecule has 0 aromatic heterocycles. The first-order chi connectivity index (χ1) is 13.2. The first-order valence-corrected chi connectivity index (χ1v) is 10.9. The van der Waals surface area contributed by atoms with Gasteiger partial charge >= 0.3 is 5.97 Å². The molecule has 3 fully saturated rings. The van der Waals surface area contributed by atoms with Crippen LogP contribution in [0.1, 0.15) is 65.7 Å². The van der Waals surface area contributed by atoms with Crippen molar-refractivity contribution in [2.75, 3.05) is 0 Å². The lowest BCUT2D eigenvalue weighted by molar-refractivity contribution is -0.147. The van der Waals surface area contributed by atoms with E-state index in [-0.39, 0.29) is 34.9 Å². The van der Waals surface area contributed by atoms with Gasteiger partial charge in [-0.1, -0.05) is 32.4 Å².